The molecule has 0 fully saturated rings. The third-order valence-electron chi connectivity index (χ3n) is 2.48. The van der Waals surface area contributed by atoms with E-state index in [1.807, 2.05) is 0 Å². The third kappa shape index (κ3) is 4.25. The minimum absolute atomic E-state index is 0.475. The first-order valence-corrected chi connectivity index (χ1v) is 5.36. The molecule has 15 heavy (non-hydrogen) atoms. The Bertz CT molecular complexity index is 283. The molecule has 0 aliphatic heterocycles. The van der Waals surface area contributed by atoms with E-state index < -0.39 is 0 Å². The van der Waals surface area contributed by atoms with E-state index in [1.165, 1.54) is 6.42 Å². The van der Waals surface area contributed by atoms with Crippen LogP contribution in [0.3, 0.4) is 0 Å². The van der Waals surface area contributed by atoms with Gasteiger partial charge in [-0.25, -0.2) is 4.98 Å². The van der Waals surface area contributed by atoms with Crippen LogP contribution in [0.2, 0.25) is 0 Å². The molecule has 1 atom stereocenters. The standard InChI is InChI=1S/C11H20N4/c1-4-9(2)7-15(3)8-10-5-14-11(12)6-13-10/h5-6,9H,4,7-8H2,1-3H3,(H2,12,14). The summed E-state index contributed by atoms with van der Waals surface area (Å²) in [5, 5.41) is 0. The highest BCUT2D eigenvalue weighted by molar-refractivity contribution is 5.22. The van der Waals surface area contributed by atoms with Gasteiger partial charge in [0.05, 0.1) is 18.1 Å². The number of hydrogen-bond donors (Lipinski definition) is 1. The molecule has 0 radical (unpaired) electrons. The predicted molar refractivity (Wildman–Crippen MR) is 62.2 cm³/mol. The van der Waals surface area contributed by atoms with Gasteiger partial charge in [0, 0.05) is 13.1 Å². The molecule has 84 valence electrons. The summed E-state index contributed by atoms with van der Waals surface area (Å²) in [7, 11) is 2.10. The lowest BCUT2D eigenvalue weighted by Crippen LogP contribution is -2.24. The van der Waals surface area contributed by atoms with Crippen LogP contribution in [0.25, 0.3) is 0 Å². The van der Waals surface area contributed by atoms with E-state index in [4.69, 9.17) is 5.73 Å². The Kier molecular flexibility index (Phi) is 4.49. The molecule has 0 amide bonds. The van der Waals surface area contributed by atoms with Crippen LogP contribution in [-0.2, 0) is 6.54 Å². The SMILES string of the molecule is CCC(C)CN(C)Cc1cnc(N)cn1. The van der Waals surface area contributed by atoms with E-state index in [2.05, 4.69) is 35.8 Å². The van der Waals surface area contributed by atoms with Crippen molar-refractivity contribution in [1.29, 1.82) is 0 Å². The highest BCUT2D eigenvalue weighted by Crippen LogP contribution is 2.06. The van der Waals surface area contributed by atoms with Crippen LogP contribution in [0, 0.1) is 5.92 Å². The van der Waals surface area contributed by atoms with Gasteiger partial charge < -0.3 is 10.6 Å². The molecule has 1 aromatic rings. The number of hydrogen-bond acceptors (Lipinski definition) is 4. The van der Waals surface area contributed by atoms with Gasteiger partial charge in [-0.3, -0.25) is 4.98 Å². The average Bonchev–Trinajstić information content (AvgIpc) is 2.21. The first-order chi connectivity index (χ1) is 7.11. The minimum Gasteiger partial charge on any atom is -0.382 e. The third-order valence-corrected chi connectivity index (χ3v) is 2.48. The minimum atomic E-state index is 0.475. The maximum Gasteiger partial charge on any atom is 0.141 e. The highest BCUT2D eigenvalue weighted by Gasteiger charge is 2.05. The van der Waals surface area contributed by atoms with Crippen molar-refractivity contribution in [3.63, 3.8) is 0 Å². The van der Waals surface area contributed by atoms with Gasteiger partial charge in [-0.05, 0) is 13.0 Å². The smallest absolute Gasteiger partial charge is 0.141 e. The molecular weight excluding hydrogens is 188 g/mol. The second-order valence-electron chi connectivity index (χ2n) is 4.14. The van der Waals surface area contributed by atoms with E-state index >= 15 is 0 Å². The number of nitrogen functional groups attached to an aromatic ring is 1. The first-order valence-electron chi connectivity index (χ1n) is 5.36. The normalized spacial score (nSPS) is 13.1. The Morgan fingerprint density at radius 2 is 2.13 bits per heavy atom. The largest absolute Gasteiger partial charge is 0.382 e. The van der Waals surface area contributed by atoms with Crippen molar-refractivity contribution in [2.24, 2.45) is 5.92 Å². The van der Waals surface area contributed by atoms with Gasteiger partial charge in [-0.1, -0.05) is 20.3 Å². The van der Waals surface area contributed by atoms with Crippen LogP contribution in [0.4, 0.5) is 5.82 Å². The van der Waals surface area contributed by atoms with Gasteiger partial charge >= 0.3 is 0 Å². The van der Waals surface area contributed by atoms with Crippen molar-refractivity contribution >= 4 is 5.82 Å². The number of anilines is 1. The molecule has 0 saturated carbocycles. The molecule has 0 aliphatic rings. The molecule has 1 heterocycles. The molecule has 2 N–H and O–H groups in total. The Morgan fingerprint density at radius 3 is 2.67 bits per heavy atom. The average molecular weight is 208 g/mol. The first kappa shape index (κ1) is 11.9. The Hall–Kier alpha value is -1.16. The molecule has 0 aliphatic carbocycles. The predicted octanol–water partition coefficient (Wildman–Crippen LogP) is 1.54. The zero-order chi connectivity index (χ0) is 11.3. The van der Waals surface area contributed by atoms with Crippen LogP contribution >= 0.6 is 0 Å². The summed E-state index contributed by atoms with van der Waals surface area (Å²) in [6.07, 6.45) is 4.55. The summed E-state index contributed by atoms with van der Waals surface area (Å²) in [5.74, 6) is 1.19. The monoisotopic (exact) mass is 208 g/mol. The molecule has 0 aromatic carbocycles. The van der Waals surface area contributed by atoms with Crippen LogP contribution in [0.1, 0.15) is 26.0 Å². The number of nitrogens with two attached hydrogens (primary N) is 1. The van der Waals surface area contributed by atoms with Crippen LogP contribution < -0.4 is 5.73 Å². The van der Waals surface area contributed by atoms with Crippen LogP contribution in [-0.4, -0.2) is 28.5 Å². The van der Waals surface area contributed by atoms with E-state index in [1.54, 1.807) is 12.4 Å². The van der Waals surface area contributed by atoms with E-state index in [0.29, 0.717) is 5.82 Å². The summed E-state index contributed by atoms with van der Waals surface area (Å²) in [5.41, 5.74) is 6.44. The summed E-state index contributed by atoms with van der Waals surface area (Å²) in [6, 6.07) is 0. The van der Waals surface area contributed by atoms with Gasteiger partial charge in [0.15, 0.2) is 0 Å². The van der Waals surface area contributed by atoms with Crippen molar-refractivity contribution < 1.29 is 0 Å². The zero-order valence-corrected chi connectivity index (χ0v) is 9.77. The van der Waals surface area contributed by atoms with E-state index in [0.717, 1.165) is 24.7 Å². The summed E-state index contributed by atoms with van der Waals surface area (Å²) >= 11 is 0. The Morgan fingerprint density at radius 1 is 1.40 bits per heavy atom. The lowest BCUT2D eigenvalue weighted by Gasteiger charge is -2.19. The Balaban J connectivity index is 2.44. The second-order valence-corrected chi connectivity index (χ2v) is 4.14. The molecule has 1 unspecified atom stereocenters. The van der Waals surface area contributed by atoms with Crippen molar-refractivity contribution in [2.75, 3.05) is 19.3 Å². The maximum absolute atomic E-state index is 5.47. The fourth-order valence-electron chi connectivity index (χ4n) is 1.45. The number of nitrogens with zero attached hydrogens (tertiary/aromatic N) is 3. The quantitative estimate of drug-likeness (QED) is 0.797. The summed E-state index contributed by atoms with van der Waals surface area (Å²) < 4.78 is 0. The number of rotatable bonds is 5. The molecule has 1 rings (SSSR count). The molecule has 4 heteroatoms. The molecule has 0 bridgehead atoms. The van der Waals surface area contributed by atoms with Gasteiger partial charge in [-0.2, -0.15) is 0 Å². The maximum atomic E-state index is 5.47. The van der Waals surface area contributed by atoms with Crippen molar-refractivity contribution in [3.05, 3.63) is 18.1 Å². The van der Waals surface area contributed by atoms with E-state index in [9.17, 15) is 0 Å². The second kappa shape index (κ2) is 5.66. The highest BCUT2D eigenvalue weighted by atomic mass is 15.1. The van der Waals surface area contributed by atoms with Crippen LogP contribution in [0.5, 0.6) is 0 Å². The van der Waals surface area contributed by atoms with Gasteiger partial charge in [0.1, 0.15) is 5.82 Å². The fraction of sp³-hybridized carbons (Fsp3) is 0.636. The van der Waals surface area contributed by atoms with Crippen molar-refractivity contribution in [2.45, 2.75) is 26.8 Å². The van der Waals surface area contributed by atoms with Gasteiger partial charge in [0.25, 0.3) is 0 Å². The molecule has 4 nitrogen and oxygen atoms in total. The number of aromatic nitrogens is 2. The molecular formula is C11H20N4. The van der Waals surface area contributed by atoms with Crippen LogP contribution in [0.15, 0.2) is 12.4 Å². The molecule has 1 aromatic heterocycles. The fourth-order valence-corrected chi connectivity index (χ4v) is 1.45. The van der Waals surface area contributed by atoms with Gasteiger partial charge in [-0.15, -0.1) is 0 Å². The summed E-state index contributed by atoms with van der Waals surface area (Å²) in [6.45, 7) is 6.38. The summed E-state index contributed by atoms with van der Waals surface area (Å²) in [4.78, 5) is 10.5. The molecule has 0 spiro atoms. The zero-order valence-electron chi connectivity index (χ0n) is 9.77. The molecule has 0 saturated heterocycles. The Labute approximate surface area is 91.5 Å². The van der Waals surface area contributed by atoms with Crippen molar-refractivity contribution in [1.82, 2.24) is 14.9 Å². The lowest BCUT2D eigenvalue weighted by atomic mass is 10.1. The lowest BCUT2D eigenvalue weighted by molar-refractivity contribution is 0.272. The van der Waals surface area contributed by atoms with Crippen molar-refractivity contribution in [3.8, 4) is 0 Å². The topological polar surface area (TPSA) is 55.0 Å². The van der Waals surface area contributed by atoms with E-state index in [-0.39, 0.29) is 0 Å². The van der Waals surface area contributed by atoms with Gasteiger partial charge in [0.2, 0.25) is 0 Å².